The number of carbonyl (C=O) groups is 1. The first kappa shape index (κ1) is 17.9. The van der Waals surface area contributed by atoms with Gasteiger partial charge in [0, 0.05) is 35.0 Å². The highest BCUT2D eigenvalue weighted by Gasteiger charge is 2.25. The van der Waals surface area contributed by atoms with Gasteiger partial charge in [0.05, 0.1) is 28.9 Å². The summed E-state index contributed by atoms with van der Waals surface area (Å²) < 4.78 is 5.70. The Morgan fingerprint density at radius 2 is 2.07 bits per heavy atom. The minimum Gasteiger partial charge on any atom is -0.376 e. The van der Waals surface area contributed by atoms with Crippen molar-refractivity contribution in [2.75, 3.05) is 6.61 Å². The van der Waals surface area contributed by atoms with Crippen LogP contribution in [-0.4, -0.2) is 34.6 Å². The van der Waals surface area contributed by atoms with Crippen molar-refractivity contribution in [3.8, 4) is 11.3 Å². The third-order valence-corrected chi connectivity index (χ3v) is 5.11. The Balaban J connectivity index is 1.75. The third-order valence-electron chi connectivity index (χ3n) is 4.87. The van der Waals surface area contributed by atoms with Gasteiger partial charge < -0.3 is 10.1 Å². The van der Waals surface area contributed by atoms with Crippen molar-refractivity contribution in [3.05, 3.63) is 59.4 Å². The average Bonchev–Trinajstić information content (AvgIpc) is 3.23. The second-order valence-corrected chi connectivity index (χ2v) is 7.20. The molecule has 0 bridgehead atoms. The van der Waals surface area contributed by atoms with E-state index in [9.17, 15) is 4.79 Å². The molecule has 1 N–H and O–H groups in total. The Hall–Kier alpha value is -2.50. The topological polar surface area (TPSA) is 64.1 Å². The zero-order chi connectivity index (χ0) is 18.8. The normalized spacial score (nSPS) is 17.8. The number of amides is 1. The Morgan fingerprint density at radius 3 is 2.81 bits per heavy atom. The smallest absolute Gasteiger partial charge is 0.252 e. The van der Waals surface area contributed by atoms with E-state index in [-0.39, 0.29) is 18.1 Å². The van der Waals surface area contributed by atoms with Gasteiger partial charge in [0.1, 0.15) is 0 Å². The Kier molecular flexibility index (Phi) is 5.05. The first-order valence-electron chi connectivity index (χ1n) is 9.05. The molecule has 0 aliphatic carbocycles. The molecule has 0 unspecified atom stereocenters. The molecule has 2 atom stereocenters. The predicted octanol–water partition coefficient (Wildman–Crippen LogP) is 4.25. The van der Waals surface area contributed by atoms with Gasteiger partial charge in [0.25, 0.3) is 5.91 Å². The lowest BCUT2D eigenvalue weighted by Crippen LogP contribution is -2.40. The molecular formula is C21H20ClN3O2. The third kappa shape index (κ3) is 3.80. The van der Waals surface area contributed by atoms with Crippen LogP contribution in [0.4, 0.5) is 0 Å². The maximum absolute atomic E-state index is 13.1. The highest BCUT2D eigenvalue weighted by molar-refractivity contribution is 6.31. The van der Waals surface area contributed by atoms with Gasteiger partial charge in [-0.25, -0.2) is 4.98 Å². The largest absolute Gasteiger partial charge is 0.376 e. The first-order chi connectivity index (χ1) is 13.1. The van der Waals surface area contributed by atoms with Crippen LogP contribution in [0.3, 0.4) is 0 Å². The summed E-state index contributed by atoms with van der Waals surface area (Å²) in [4.78, 5) is 21.8. The number of hydrogen-bond acceptors (Lipinski definition) is 4. The van der Waals surface area contributed by atoms with Crippen molar-refractivity contribution >= 4 is 28.4 Å². The van der Waals surface area contributed by atoms with E-state index in [0.717, 1.165) is 41.6 Å². The molecule has 0 radical (unpaired) electrons. The van der Waals surface area contributed by atoms with Crippen LogP contribution < -0.4 is 5.32 Å². The number of benzene rings is 1. The highest BCUT2D eigenvalue weighted by Crippen LogP contribution is 2.27. The van der Waals surface area contributed by atoms with E-state index in [1.165, 1.54) is 0 Å². The lowest BCUT2D eigenvalue weighted by Gasteiger charge is -2.20. The van der Waals surface area contributed by atoms with Crippen LogP contribution in [0.5, 0.6) is 0 Å². The fourth-order valence-corrected chi connectivity index (χ4v) is 3.60. The van der Waals surface area contributed by atoms with Gasteiger partial charge in [-0.05, 0) is 56.2 Å². The average molecular weight is 382 g/mol. The monoisotopic (exact) mass is 381 g/mol. The summed E-state index contributed by atoms with van der Waals surface area (Å²) in [5, 5.41) is 4.39. The molecule has 1 aliphatic heterocycles. The van der Waals surface area contributed by atoms with Gasteiger partial charge >= 0.3 is 0 Å². The quantitative estimate of drug-likeness (QED) is 0.733. The first-order valence-corrected chi connectivity index (χ1v) is 9.43. The molecule has 1 saturated heterocycles. The van der Waals surface area contributed by atoms with Crippen LogP contribution in [0.1, 0.15) is 30.1 Å². The van der Waals surface area contributed by atoms with E-state index in [2.05, 4.69) is 10.3 Å². The molecule has 138 valence electrons. The van der Waals surface area contributed by atoms with Crippen molar-refractivity contribution in [2.45, 2.75) is 31.9 Å². The van der Waals surface area contributed by atoms with E-state index >= 15 is 0 Å². The molecular weight excluding hydrogens is 362 g/mol. The Labute approximate surface area is 162 Å². The zero-order valence-corrected chi connectivity index (χ0v) is 15.7. The molecule has 3 aromatic rings. The minimum atomic E-state index is -0.150. The Morgan fingerprint density at radius 1 is 1.26 bits per heavy atom. The molecule has 2 aromatic heterocycles. The molecule has 1 aliphatic rings. The summed E-state index contributed by atoms with van der Waals surface area (Å²) in [6, 6.07) is 10.9. The number of carbonyl (C=O) groups excluding carboxylic acids is 1. The number of pyridine rings is 2. The second kappa shape index (κ2) is 7.62. The van der Waals surface area contributed by atoms with Crippen molar-refractivity contribution in [1.29, 1.82) is 0 Å². The zero-order valence-electron chi connectivity index (χ0n) is 15.0. The van der Waals surface area contributed by atoms with Crippen LogP contribution in [0.25, 0.3) is 22.2 Å². The van der Waals surface area contributed by atoms with Gasteiger partial charge in [-0.3, -0.25) is 9.78 Å². The summed E-state index contributed by atoms with van der Waals surface area (Å²) in [7, 11) is 0. The molecule has 6 heteroatoms. The maximum Gasteiger partial charge on any atom is 0.252 e. The van der Waals surface area contributed by atoms with Crippen molar-refractivity contribution in [2.24, 2.45) is 0 Å². The summed E-state index contributed by atoms with van der Waals surface area (Å²) in [5.41, 5.74) is 2.91. The predicted molar refractivity (Wildman–Crippen MR) is 106 cm³/mol. The summed E-state index contributed by atoms with van der Waals surface area (Å²) in [5.74, 6) is -0.150. The van der Waals surface area contributed by atoms with E-state index in [1.807, 2.05) is 31.2 Å². The standard InChI is InChI=1S/C21H20ClN3O2/c1-13(20-3-2-10-27-20)24-21(26)17-12-19(14-6-8-23-9-7-14)25-18-5-4-15(22)11-16(17)18/h4-9,11-13,20H,2-3,10H2,1H3,(H,24,26)/t13-,20+/m0/s1. The molecule has 0 spiro atoms. The van der Waals surface area contributed by atoms with Gasteiger partial charge in [-0.1, -0.05) is 11.6 Å². The SMILES string of the molecule is C[C@H](NC(=O)c1cc(-c2ccncc2)nc2ccc(Cl)cc12)[C@H]1CCCO1. The molecule has 0 saturated carbocycles. The molecule has 1 amide bonds. The number of ether oxygens (including phenoxy) is 1. The minimum absolute atomic E-state index is 0.0605. The summed E-state index contributed by atoms with van der Waals surface area (Å²) in [6.07, 6.45) is 5.48. The lowest BCUT2D eigenvalue weighted by molar-refractivity contribution is 0.0713. The van der Waals surface area contributed by atoms with Crippen LogP contribution >= 0.6 is 11.6 Å². The second-order valence-electron chi connectivity index (χ2n) is 6.77. The molecule has 5 nitrogen and oxygen atoms in total. The van der Waals surface area contributed by atoms with Gasteiger partial charge in [-0.2, -0.15) is 0 Å². The number of fused-ring (bicyclic) bond motifs is 1. The van der Waals surface area contributed by atoms with Crippen molar-refractivity contribution < 1.29 is 9.53 Å². The highest BCUT2D eigenvalue weighted by atomic mass is 35.5. The number of aromatic nitrogens is 2. The number of hydrogen-bond donors (Lipinski definition) is 1. The maximum atomic E-state index is 13.1. The molecule has 1 fully saturated rings. The molecule has 1 aromatic carbocycles. The number of nitrogens with zero attached hydrogens (tertiary/aromatic N) is 2. The van der Waals surface area contributed by atoms with Crippen LogP contribution in [0.15, 0.2) is 48.8 Å². The fraction of sp³-hybridized carbons (Fsp3) is 0.286. The van der Waals surface area contributed by atoms with Crippen LogP contribution in [0.2, 0.25) is 5.02 Å². The molecule has 4 rings (SSSR count). The Bertz CT molecular complexity index is 972. The number of halogens is 1. The molecule has 27 heavy (non-hydrogen) atoms. The summed E-state index contributed by atoms with van der Waals surface area (Å²) in [6.45, 7) is 2.74. The van der Waals surface area contributed by atoms with E-state index in [4.69, 9.17) is 21.3 Å². The van der Waals surface area contributed by atoms with Gasteiger partial charge in [-0.15, -0.1) is 0 Å². The number of nitrogens with one attached hydrogen (secondary N) is 1. The van der Waals surface area contributed by atoms with Gasteiger partial charge in [0.15, 0.2) is 0 Å². The van der Waals surface area contributed by atoms with Crippen molar-refractivity contribution in [3.63, 3.8) is 0 Å². The van der Waals surface area contributed by atoms with E-state index < -0.39 is 0 Å². The van der Waals surface area contributed by atoms with Crippen LogP contribution in [-0.2, 0) is 4.74 Å². The van der Waals surface area contributed by atoms with Gasteiger partial charge in [0.2, 0.25) is 0 Å². The van der Waals surface area contributed by atoms with E-state index in [0.29, 0.717) is 10.6 Å². The lowest BCUT2D eigenvalue weighted by atomic mass is 10.0. The summed E-state index contributed by atoms with van der Waals surface area (Å²) >= 11 is 6.17. The fourth-order valence-electron chi connectivity index (χ4n) is 3.43. The van der Waals surface area contributed by atoms with Crippen LogP contribution in [0, 0.1) is 0 Å². The number of rotatable bonds is 4. The van der Waals surface area contributed by atoms with E-state index in [1.54, 1.807) is 24.5 Å². The van der Waals surface area contributed by atoms with Crippen molar-refractivity contribution in [1.82, 2.24) is 15.3 Å². The molecule has 3 heterocycles.